The van der Waals surface area contributed by atoms with Crippen LogP contribution in [0.4, 0.5) is 0 Å². The first-order valence-corrected chi connectivity index (χ1v) is 3.02. The second-order valence-corrected chi connectivity index (χ2v) is 2.34. The van der Waals surface area contributed by atoms with Crippen LogP contribution in [0.1, 0.15) is 13.8 Å². The van der Waals surface area contributed by atoms with Gasteiger partial charge in [0, 0.05) is 0 Å². The maximum atomic E-state index is 5.36. The predicted octanol–water partition coefficient (Wildman–Crippen LogP) is 0.810. The van der Waals surface area contributed by atoms with E-state index in [0.29, 0.717) is 12.2 Å². The Kier molecular flexibility index (Phi) is 1.86. The fraction of sp³-hybridized carbons (Fsp3) is 1.00. The molecule has 2 heteroatoms. The highest BCUT2D eigenvalue weighted by Crippen LogP contribution is 2.07. The van der Waals surface area contributed by atoms with Crippen LogP contribution in [0.25, 0.3) is 0 Å². The lowest BCUT2D eigenvalue weighted by atomic mass is 10.3. The van der Waals surface area contributed by atoms with Gasteiger partial charge in [0.05, 0.1) is 19.3 Å². The van der Waals surface area contributed by atoms with Crippen LogP contribution in [0.15, 0.2) is 0 Å². The molecule has 0 spiro atoms. The minimum atomic E-state index is 0.351. The van der Waals surface area contributed by atoms with Gasteiger partial charge in [0.1, 0.15) is 6.10 Å². The van der Waals surface area contributed by atoms with E-state index in [1.54, 1.807) is 0 Å². The first-order valence-electron chi connectivity index (χ1n) is 3.02. The zero-order valence-corrected chi connectivity index (χ0v) is 5.39. The summed E-state index contributed by atoms with van der Waals surface area (Å²) in [6.45, 7) is 5.66. The van der Waals surface area contributed by atoms with E-state index in [-0.39, 0.29) is 0 Å². The summed E-state index contributed by atoms with van der Waals surface area (Å²) in [4.78, 5) is 0. The van der Waals surface area contributed by atoms with Crippen LogP contribution < -0.4 is 0 Å². The lowest BCUT2D eigenvalue weighted by Gasteiger charge is -2.27. The summed E-state index contributed by atoms with van der Waals surface area (Å²) < 4.78 is 10.3. The van der Waals surface area contributed by atoms with Gasteiger partial charge in [-0.05, 0) is 13.8 Å². The van der Waals surface area contributed by atoms with Gasteiger partial charge in [-0.15, -0.1) is 0 Å². The van der Waals surface area contributed by atoms with E-state index in [2.05, 4.69) is 0 Å². The van der Waals surface area contributed by atoms with Crippen molar-refractivity contribution in [3.05, 3.63) is 0 Å². The molecule has 0 N–H and O–H groups in total. The number of hydrogen-bond acceptors (Lipinski definition) is 2. The quantitative estimate of drug-likeness (QED) is 0.531. The van der Waals surface area contributed by atoms with Crippen molar-refractivity contribution in [2.75, 3.05) is 13.2 Å². The molecule has 0 radical (unpaired) electrons. The van der Waals surface area contributed by atoms with E-state index in [9.17, 15) is 0 Å². The molecule has 0 atom stereocenters. The van der Waals surface area contributed by atoms with E-state index in [1.807, 2.05) is 13.8 Å². The molecule has 48 valence electrons. The van der Waals surface area contributed by atoms with Crippen LogP contribution in [0.5, 0.6) is 0 Å². The van der Waals surface area contributed by atoms with Crippen molar-refractivity contribution in [2.24, 2.45) is 0 Å². The van der Waals surface area contributed by atoms with Crippen molar-refractivity contribution in [2.45, 2.75) is 26.1 Å². The average Bonchev–Trinajstić information content (AvgIpc) is 1.55. The molecular formula is C6H12O2. The number of hydrogen-bond donors (Lipinski definition) is 0. The lowest BCUT2D eigenvalue weighted by molar-refractivity contribution is -0.146. The van der Waals surface area contributed by atoms with Crippen LogP contribution in [0.2, 0.25) is 0 Å². The molecule has 1 aliphatic heterocycles. The molecule has 1 rings (SSSR count). The molecule has 0 amide bonds. The Morgan fingerprint density at radius 3 is 2.25 bits per heavy atom. The van der Waals surface area contributed by atoms with Crippen molar-refractivity contribution in [1.29, 1.82) is 0 Å². The van der Waals surface area contributed by atoms with E-state index < -0.39 is 0 Å². The third kappa shape index (κ3) is 1.46. The van der Waals surface area contributed by atoms with Crippen molar-refractivity contribution in [1.82, 2.24) is 0 Å². The van der Waals surface area contributed by atoms with Gasteiger partial charge in [-0.3, -0.25) is 0 Å². The Balaban J connectivity index is 2.01. The van der Waals surface area contributed by atoms with Crippen molar-refractivity contribution in [3.63, 3.8) is 0 Å². The Bertz CT molecular complexity index is 66.9. The van der Waals surface area contributed by atoms with Crippen LogP contribution in [-0.4, -0.2) is 25.4 Å². The second kappa shape index (κ2) is 2.46. The predicted molar refractivity (Wildman–Crippen MR) is 30.8 cm³/mol. The highest BCUT2D eigenvalue weighted by molar-refractivity contribution is 4.64. The van der Waals surface area contributed by atoms with Gasteiger partial charge in [0.25, 0.3) is 0 Å². The third-order valence-electron chi connectivity index (χ3n) is 1.07. The van der Waals surface area contributed by atoms with Crippen molar-refractivity contribution >= 4 is 0 Å². The zero-order chi connectivity index (χ0) is 5.98. The fourth-order valence-corrected chi connectivity index (χ4v) is 0.678. The monoisotopic (exact) mass is 116 g/mol. The molecule has 0 bridgehead atoms. The summed E-state index contributed by atoms with van der Waals surface area (Å²) in [5, 5.41) is 0. The molecule has 8 heavy (non-hydrogen) atoms. The standard InChI is InChI=1S/C6H12O2/c1-5(2)8-6-3-7-4-6/h5-6H,3-4H2,1-2H3. The van der Waals surface area contributed by atoms with E-state index in [1.165, 1.54) is 0 Å². The summed E-state index contributed by atoms with van der Waals surface area (Å²) >= 11 is 0. The fourth-order valence-electron chi connectivity index (χ4n) is 0.678. The molecule has 1 saturated heterocycles. The molecule has 1 heterocycles. The van der Waals surface area contributed by atoms with Crippen molar-refractivity contribution in [3.8, 4) is 0 Å². The van der Waals surface area contributed by atoms with Gasteiger partial charge in [-0.25, -0.2) is 0 Å². The Labute approximate surface area is 49.8 Å². The zero-order valence-electron chi connectivity index (χ0n) is 5.39. The Morgan fingerprint density at radius 1 is 1.50 bits per heavy atom. The number of ether oxygens (including phenoxy) is 2. The van der Waals surface area contributed by atoms with E-state index in [0.717, 1.165) is 13.2 Å². The topological polar surface area (TPSA) is 18.5 Å². The van der Waals surface area contributed by atoms with Gasteiger partial charge in [0.15, 0.2) is 0 Å². The Hall–Kier alpha value is -0.0800. The lowest BCUT2D eigenvalue weighted by Crippen LogP contribution is -2.37. The Morgan fingerprint density at radius 2 is 2.12 bits per heavy atom. The van der Waals surface area contributed by atoms with Gasteiger partial charge in [-0.1, -0.05) is 0 Å². The van der Waals surface area contributed by atoms with E-state index >= 15 is 0 Å². The smallest absolute Gasteiger partial charge is 0.104 e. The highest BCUT2D eigenvalue weighted by atomic mass is 16.6. The molecule has 0 aromatic heterocycles. The summed E-state index contributed by atoms with van der Waals surface area (Å²) in [5.74, 6) is 0. The molecule has 0 aromatic carbocycles. The molecule has 1 aliphatic rings. The van der Waals surface area contributed by atoms with Gasteiger partial charge >= 0.3 is 0 Å². The molecular weight excluding hydrogens is 104 g/mol. The molecule has 0 saturated carbocycles. The minimum absolute atomic E-state index is 0.351. The summed E-state index contributed by atoms with van der Waals surface area (Å²) in [6.07, 6.45) is 0.735. The van der Waals surface area contributed by atoms with Gasteiger partial charge < -0.3 is 9.47 Å². The first-order chi connectivity index (χ1) is 3.79. The summed E-state index contributed by atoms with van der Waals surface area (Å²) in [6, 6.07) is 0. The molecule has 0 aromatic rings. The number of rotatable bonds is 2. The maximum Gasteiger partial charge on any atom is 0.104 e. The van der Waals surface area contributed by atoms with E-state index in [4.69, 9.17) is 9.47 Å². The summed E-state index contributed by atoms with van der Waals surface area (Å²) in [7, 11) is 0. The van der Waals surface area contributed by atoms with Crippen LogP contribution in [-0.2, 0) is 9.47 Å². The minimum Gasteiger partial charge on any atom is -0.376 e. The van der Waals surface area contributed by atoms with Crippen LogP contribution in [0.3, 0.4) is 0 Å². The molecule has 2 nitrogen and oxygen atoms in total. The first kappa shape index (κ1) is 6.05. The molecule has 0 unspecified atom stereocenters. The summed E-state index contributed by atoms with van der Waals surface area (Å²) in [5.41, 5.74) is 0. The highest BCUT2D eigenvalue weighted by Gasteiger charge is 2.19. The normalized spacial score (nSPS) is 21.4. The van der Waals surface area contributed by atoms with Crippen LogP contribution in [0, 0.1) is 0 Å². The third-order valence-corrected chi connectivity index (χ3v) is 1.07. The van der Waals surface area contributed by atoms with Gasteiger partial charge in [-0.2, -0.15) is 0 Å². The molecule has 1 fully saturated rings. The van der Waals surface area contributed by atoms with Crippen LogP contribution >= 0.6 is 0 Å². The van der Waals surface area contributed by atoms with Crippen molar-refractivity contribution < 1.29 is 9.47 Å². The largest absolute Gasteiger partial charge is 0.376 e. The maximum absolute atomic E-state index is 5.36. The SMILES string of the molecule is CC(C)OC1COC1. The average molecular weight is 116 g/mol. The molecule has 0 aliphatic carbocycles. The second-order valence-electron chi connectivity index (χ2n) is 2.34. The van der Waals surface area contributed by atoms with Gasteiger partial charge in [0.2, 0.25) is 0 Å².